The maximum Gasteiger partial charge on any atom is 0.162 e. The SMILES string of the molecule is CCC1C(C)c2ccccc2N2c3cnc(-c4ccncc4C)nc3N(C)C12. The number of hydrogen-bond donors (Lipinski definition) is 0. The van der Waals surface area contributed by atoms with E-state index in [0.717, 1.165) is 34.9 Å². The Morgan fingerprint density at radius 3 is 2.68 bits per heavy atom. The summed E-state index contributed by atoms with van der Waals surface area (Å²) in [5, 5.41) is 0. The van der Waals surface area contributed by atoms with Gasteiger partial charge < -0.3 is 9.80 Å². The van der Waals surface area contributed by atoms with Gasteiger partial charge in [0.05, 0.1) is 6.20 Å². The van der Waals surface area contributed by atoms with Crippen LogP contribution in [-0.4, -0.2) is 28.2 Å². The molecule has 0 fully saturated rings. The average Bonchev–Trinajstić information content (AvgIpc) is 3.01. The first-order chi connectivity index (χ1) is 13.6. The molecule has 3 atom stereocenters. The Kier molecular flexibility index (Phi) is 3.86. The van der Waals surface area contributed by atoms with Crippen LogP contribution in [0, 0.1) is 12.8 Å². The molecule has 142 valence electrons. The third kappa shape index (κ3) is 2.28. The van der Waals surface area contributed by atoms with Crippen LogP contribution in [0.5, 0.6) is 0 Å². The fourth-order valence-corrected chi connectivity index (χ4v) is 4.99. The Bertz CT molecular complexity index is 1050. The molecular weight excluding hydrogens is 346 g/mol. The first kappa shape index (κ1) is 17.2. The summed E-state index contributed by atoms with van der Waals surface area (Å²) in [6.45, 7) is 6.71. The van der Waals surface area contributed by atoms with Crippen molar-refractivity contribution in [1.29, 1.82) is 0 Å². The molecule has 0 saturated heterocycles. The van der Waals surface area contributed by atoms with E-state index in [1.165, 1.54) is 11.3 Å². The van der Waals surface area contributed by atoms with Crippen molar-refractivity contribution in [3.63, 3.8) is 0 Å². The minimum absolute atomic E-state index is 0.271. The van der Waals surface area contributed by atoms with Gasteiger partial charge in [-0.25, -0.2) is 9.97 Å². The van der Waals surface area contributed by atoms with E-state index in [4.69, 9.17) is 9.97 Å². The summed E-state index contributed by atoms with van der Waals surface area (Å²) >= 11 is 0. The van der Waals surface area contributed by atoms with Gasteiger partial charge in [0.15, 0.2) is 11.6 Å². The lowest BCUT2D eigenvalue weighted by molar-refractivity contribution is 0.339. The lowest BCUT2D eigenvalue weighted by Gasteiger charge is -2.45. The topological polar surface area (TPSA) is 45.2 Å². The van der Waals surface area contributed by atoms with Crippen molar-refractivity contribution in [3.8, 4) is 11.4 Å². The van der Waals surface area contributed by atoms with Crippen molar-refractivity contribution in [3.05, 3.63) is 60.0 Å². The van der Waals surface area contributed by atoms with Crippen molar-refractivity contribution in [2.45, 2.75) is 39.3 Å². The molecule has 0 bridgehead atoms. The molecule has 3 unspecified atom stereocenters. The number of para-hydroxylation sites is 1. The number of aryl methyl sites for hydroxylation is 1. The molecule has 0 saturated carbocycles. The van der Waals surface area contributed by atoms with Gasteiger partial charge in [0.1, 0.15) is 11.9 Å². The molecule has 1 aromatic carbocycles. The van der Waals surface area contributed by atoms with Gasteiger partial charge in [-0.2, -0.15) is 0 Å². The molecule has 0 aliphatic carbocycles. The summed E-state index contributed by atoms with van der Waals surface area (Å²) in [6.07, 6.45) is 7.06. The zero-order chi connectivity index (χ0) is 19.4. The standard InChI is InChI=1S/C23H25N5/c1-5-16-15(3)18-8-6-7-9-19(18)28-20-13-25-21(17-10-11-24-12-14(17)2)26-22(20)27(4)23(16)28/h6-13,15-16,23H,5H2,1-4H3. The van der Waals surface area contributed by atoms with Crippen LogP contribution in [0.1, 0.15) is 37.3 Å². The van der Waals surface area contributed by atoms with Gasteiger partial charge in [-0.05, 0) is 42.5 Å². The molecule has 5 nitrogen and oxygen atoms in total. The van der Waals surface area contributed by atoms with Crippen LogP contribution >= 0.6 is 0 Å². The second kappa shape index (κ2) is 6.30. The number of pyridine rings is 1. The van der Waals surface area contributed by atoms with E-state index in [1.54, 1.807) is 6.20 Å². The zero-order valence-corrected chi connectivity index (χ0v) is 16.8. The Morgan fingerprint density at radius 1 is 1.07 bits per heavy atom. The Hall–Kier alpha value is -2.95. The summed E-state index contributed by atoms with van der Waals surface area (Å²) in [5.74, 6) is 2.81. The number of anilines is 3. The second-order valence-corrected chi connectivity index (χ2v) is 7.91. The molecule has 28 heavy (non-hydrogen) atoms. The van der Waals surface area contributed by atoms with E-state index in [0.29, 0.717) is 11.8 Å². The second-order valence-electron chi connectivity index (χ2n) is 7.91. The van der Waals surface area contributed by atoms with Crippen molar-refractivity contribution in [1.82, 2.24) is 15.0 Å². The minimum atomic E-state index is 0.271. The molecule has 0 spiro atoms. The maximum absolute atomic E-state index is 5.00. The first-order valence-electron chi connectivity index (χ1n) is 10.0. The monoisotopic (exact) mass is 371 g/mol. The van der Waals surface area contributed by atoms with E-state index in [2.05, 4.69) is 66.9 Å². The van der Waals surface area contributed by atoms with Crippen molar-refractivity contribution >= 4 is 17.2 Å². The third-order valence-electron chi connectivity index (χ3n) is 6.45. The van der Waals surface area contributed by atoms with Crippen LogP contribution < -0.4 is 9.80 Å². The van der Waals surface area contributed by atoms with Gasteiger partial charge in [-0.3, -0.25) is 4.98 Å². The molecule has 5 heteroatoms. The lowest BCUT2D eigenvalue weighted by atomic mass is 9.79. The molecule has 2 aromatic heterocycles. The number of benzene rings is 1. The first-order valence-corrected chi connectivity index (χ1v) is 10.0. The molecule has 2 aliphatic heterocycles. The summed E-state index contributed by atoms with van der Waals surface area (Å²) < 4.78 is 0. The maximum atomic E-state index is 5.00. The predicted octanol–water partition coefficient (Wildman–Crippen LogP) is 4.90. The smallest absolute Gasteiger partial charge is 0.162 e. The van der Waals surface area contributed by atoms with Crippen molar-refractivity contribution in [2.24, 2.45) is 5.92 Å². The van der Waals surface area contributed by atoms with E-state index in [1.807, 2.05) is 18.5 Å². The van der Waals surface area contributed by atoms with E-state index < -0.39 is 0 Å². The molecule has 0 radical (unpaired) electrons. The largest absolute Gasteiger partial charge is 0.337 e. The lowest BCUT2D eigenvalue weighted by Crippen LogP contribution is -2.49. The summed E-state index contributed by atoms with van der Waals surface area (Å²) in [5.41, 5.74) is 5.93. The highest BCUT2D eigenvalue weighted by atomic mass is 15.4. The normalized spacial score (nSPS) is 22.6. The fourth-order valence-electron chi connectivity index (χ4n) is 4.99. The average molecular weight is 371 g/mol. The molecule has 4 heterocycles. The van der Waals surface area contributed by atoms with Crippen LogP contribution in [0.3, 0.4) is 0 Å². The number of rotatable bonds is 2. The highest BCUT2D eigenvalue weighted by Crippen LogP contribution is 2.53. The van der Waals surface area contributed by atoms with E-state index in [9.17, 15) is 0 Å². The Labute approximate surface area is 166 Å². The highest BCUT2D eigenvalue weighted by Gasteiger charge is 2.47. The predicted molar refractivity (Wildman–Crippen MR) is 113 cm³/mol. The molecular formula is C23H25N5. The highest BCUT2D eigenvalue weighted by molar-refractivity contribution is 5.84. The van der Waals surface area contributed by atoms with Gasteiger partial charge in [-0.1, -0.05) is 32.0 Å². The minimum Gasteiger partial charge on any atom is -0.337 e. The Balaban J connectivity index is 1.68. The van der Waals surface area contributed by atoms with Crippen molar-refractivity contribution < 1.29 is 0 Å². The van der Waals surface area contributed by atoms with Gasteiger partial charge >= 0.3 is 0 Å². The van der Waals surface area contributed by atoms with Crippen molar-refractivity contribution in [2.75, 3.05) is 16.8 Å². The van der Waals surface area contributed by atoms with E-state index >= 15 is 0 Å². The quantitative estimate of drug-likeness (QED) is 0.641. The van der Waals surface area contributed by atoms with Gasteiger partial charge in [0.25, 0.3) is 0 Å². The van der Waals surface area contributed by atoms with Crippen LogP contribution in [-0.2, 0) is 0 Å². The molecule has 0 N–H and O–H groups in total. The fraction of sp³-hybridized carbons (Fsp3) is 0.348. The zero-order valence-electron chi connectivity index (χ0n) is 16.8. The number of aromatic nitrogens is 3. The summed E-state index contributed by atoms with van der Waals surface area (Å²) in [7, 11) is 2.17. The Morgan fingerprint density at radius 2 is 1.89 bits per heavy atom. The molecule has 0 amide bonds. The number of nitrogens with zero attached hydrogens (tertiary/aromatic N) is 5. The third-order valence-corrected chi connectivity index (χ3v) is 6.45. The molecule has 3 aromatic rings. The number of fused-ring (bicyclic) bond motifs is 5. The van der Waals surface area contributed by atoms with Crippen LogP contribution in [0.4, 0.5) is 17.2 Å². The van der Waals surface area contributed by atoms with Crippen LogP contribution in [0.2, 0.25) is 0 Å². The molecule has 5 rings (SSSR count). The van der Waals surface area contributed by atoms with Crippen LogP contribution in [0.15, 0.2) is 48.9 Å². The van der Waals surface area contributed by atoms with E-state index in [-0.39, 0.29) is 6.17 Å². The molecule has 2 aliphatic rings. The van der Waals surface area contributed by atoms with Gasteiger partial charge in [0.2, 0.25) is 0 Å². The van der Waals surface area contributed by atoms with Gasteiger partial charge in [-0.15, -0.1) is 0 Å². The van der Waals surface area contributed by atoms with Gasteiger partial charge in [0, 0.05) is 36.6 Å². The summed E-state index contributed by atoms with van der Waals surface area (Å²) in [6, 6.07) is 10.8. The number of hydrogen-bond acceptors (Lipinski definition) is 5. The summed E-state index contributed by atoms with van der Waals surface area (Å²) in [4.78, 5) is 18.7. The van der Waals surface area contributed by atoms with Crippen LogP contribution in [0.25, 0.3) is 11.4 Å².